The average molecular weight is 912 g/mol. The summed E-state index contributed by atoms with van der Waals surface area (Å²) in [5, 5.41) is 6.56. The van der Waals surface area contributed by atoms with Gasteiger partial charge in [-0.05, 0) is 85.2 Å². The number of ether oxygens (including phenoxy) is 3. The molecule has 0 spiro atoms. The fourth-order valence-electron chi connectivity index (χ4n) is 10.2. The lowest BCUT2D eigenvalue weighted by Crippen LogP contribution is -2.67. The summed E-state index contributed by atoms with van der Waals surface area (Å²) in [6.07, 6.45) is 5.43. The number of nitrogens with one attached hydrogen (secondary N) is 3. The van der Waals surface area contributed by atoms with E-state index in [9.17, 15) is 19.2 Å². The molecule has 2 unspecified atom stereocenters. The summed E-state index contributed by atoms with van der Waals surface area (Å²) >= 11 is 0. The zero-order chi connectivity index (χ0) is 47.3. The van der Waals surface area contributed by atoms with Gasteiger partial charge in [-0.2, -0.15) is 0 Å². The Kier molecular flexibility index (Phi) is 12.6. The number of imidazole rings is 1. The summed E-state index contributed by atoms with van der Waals surface area (Å²) < 4.78 is 22.8. The van der Waals surface area contributed by atoms with E-state index in [1.165, 1.54) is 11.2 Å². The molecule has 3 aliphatic rings. The van der Waals surface area contributed by atoms with Crippen molar-refractivity contribution < 1.29 is 33.4 Å². The number of esters is 1. The van der Waals surface area contributed by atoms with Gasteiger partial charge in [0.15, 0.2) is 0 Å². The average Bonchev–Trinajstić information content (AvgIpc) is 3.82. The zero-order valence-corrected chi connectivity index (χ0v) is 40.0. The summed E-state index contributed by atoms with van der Waals surface area (Å²) in [5.41, 5.74) is 9.36. The summed E-state index contributed by atoms with van der Waals surface area (Å²) in [6, 6.07) is 18.0. The zero-order valence-electron chi connectivity index (χ0n) is 39.0. The lowest BCUT2D eigenvalue weighted by Gasteiger charge is -2.48. The van der Waals surface area contributed by atoms with Crippen LogP contribution in [-0.4, -0.2) is 96.1 Å². The van der Waals surface area contributed by atoms with Crippen LogP contribution >= 0.6 is 0 Å². The molecule has 345 valence electrons. The molecule has 1 saturated heterocycles. The van der Waals surface area contributed by atoms with Crippen LogP contribution in [0.4, 0.5) is 5.82 Å². The topological polar surface area (TPSA) is 171 Å². The van der Waals surface area contributed by atoms with Crippen molar-refractivity contribution >= 4 is 50.7 Å². The van der Waals surface area contributed by atoms with Crippen LogP contribution < -0.4 is 20.8 Å². The largest absolute Gasteiger partial charge is 0.464 e. The lowest BCUT2D eigenvalue weighted by molar-refractivity contribution is -0.158. The number of methoxy groups -OCH3 is 1. The molecule has 1 aliphatic carbocycles. The molecular formula is C50H59N8O7Si. The number of carbonyl (C=O) groups excluding carboxylic acids is 4. The van der Waals surface area contributed by atoms with Crippen LogP contribution in [0.25, 0.3) is 33.3 Å². The standard InChI is InChI=1S/C50H59N8O7Si/c1-10-39(59)53-38-26-52-47(56(38)8)64-27-35(29(3)4)44(60)54-50(66)25-30-15-12-16-31(23-30)32-19-20-37-34(24-32)40-41(57(37)11-2)33-17-13-21-51-43(33)49(7,63-9)42(40)48(5,6)28-65-45(61)36-18-14-22-58(55-36)46(50)62/h10,12-13,15-17,19-21,23-24,26,29,35-36,42,55H,1,11,14,18,22,25,27-28H2,2-9H3,(H,53,59)(H,54,60)/t35-,36-,42?,49-,50?/m0/s1. The number of hydrogen-bond acceptors (Lipinski definition) is 10. The van der Waals surface area contributed by atoms with Gasteiger partial charge in [-0.1, -0.05) is 64.6 Å². The number of carbonyl (C=O) groups is 4. The number of aromatic nitrogens is 4. The van der Waals surface area contributed by atoms with Crippen LogP contribution in [0.15, 0.2) is 79.6 Å². The Hall–Kier alpha value is -6.10. The number of fused-ring (bicyclic) bond motifs is 8. The summed E-state index contributed by atoms with van der Waals surface area (Å²) in [7, 11) is 7.26. The molecule has 5 aromatic rings. The van der Waals surface area contributed by atoms with Crippen molar-refractivity contribution in [1.29, 1.82) is 0 Å². The first kappa shape index (κ1) is 46.4. The fourth-order valence-corrected chi connectivity index (χ4v) is 10.7. The Balaban J connectivity index is 1.21. The number of benzene rings is 2. The Labute approximate surface area is 389 Å². The SMILES string of the molecule is C=CC(=O)Nc1cnc(OC[C@H](C(=O)NC2([Si])Cc3cccc(c3)-c3ccc4c(c3)c3c(n4CC)-c4cccnc4[C@@](C)(OC)C3C(C)(C)COC(=O)[C@@H]3CCCN(N3)C2=O)C(C)C)n1C. The summed E-state index contributed by atoms with van der Waals surface area (Å²) in [5.74, 6) is -2.65. The van der Waals surface area contributed by atoms with Crippen LogP contribution in [0.2, 0.25) is 0 Å². The van der Waals surface area contributed by atoms with Crippen molar-refractivity contribution in [2.45, 2.75) is 90.1 Å². The van der Waals surface area contributed by atoms with Crippen LogP contribution in [0.5, 0.6) is 6.01 Å². The quantitative estimate of drug-likeness (QED) is 0.0838. The van der Waals surface area contributed by atoms with Gasteiger partial charge in [-0.3, -0.25) is 33.7 Å². The first-order valence-electron chi connectivity index (χ1n) is 22.6. The molecule has 3 aromatic heterocycles. The number of anilines is 1. The van der Waals surface area contributed by atoms with Crippen molar-refractivity contribution in [3.05, 3.63) is 96.5 Å². The Morgan fingerprint density at radius 2 is 1.86 bits per heavy atom. The van der Waals surface area contributed by atoms with Gasteiger partial charge in [0.2, 0.25) is 11.8 Å². The molecule has 66 heavy (non-hydrogen) atoms. The molecule has 6 bridgehead atoms. The van der Waals surface area contributed by atoms with Gasteiger partial charge in [0.1, 0.15) is 29.2 Å². The molecule has 1 fully saturated rings. The lowest BCUT2D eigenvalue weighted by atomic mass is 9.61. The molecule has 3 N–H and O–H groups in total. The van der Waals surface area contributed by atoms with E-state index in [1.54, 1.807) is 24.9 Å². The fraction of sp³-hybridized carbons (Fsp3) is 0.440. The van der Waals surface area contributed by atoms with E-state index < -0.39 is 51.8 Å². The van der Waals surface area contributed by atoms with Gasteiger partial charge in [-0.15, -0.1) is 0 Å². The third kappa shape index (κ3) is 8.23. The van der Waals surface area contributed by atoms with Crippen LogP contribution in [0, 0.1) is 17.3 Å². The highest BCUT2D eigenvalue weighted by molar-refractivity contribution is 6.29. The number of amides is 3. The van der Waals surface area contributed by atoms with E-state index in [2.05, 4.69) is 107 Å². The van der Waals surface area contributed by atoms with Gasteiger partial charge in [0.05, 0.1) is 40.4 Å². The minimum absolute atomic E-state index is 0.0586. The summed E-state index contributed by atoms with van der Waals surface area (Å²) in [4.78, 5) is 64.9. The highest BCUT2D eigenvalue weighted by Gasteiger charge is 2.54. The first-order chi connectivity index (χ1) is 31.4. The van der Waals surface area contributed by atoms with Crippen LogP contribution in [-0.2, 0) is 54.3 Å². The number of cyclic esters (lactones) is 1. The highest BCUT2D eigenvalue weighted by Crippen LogP contribution is 2.59. The van der Waals surface area contributed by atoms with E-state index in [4.69, 9.17) is 19.2 Å². The predicted molar refractivity (Wildman–Crippen MR) is 252 cm³/mol. The molecule has 15 nitrogen and oxygen atoms in total. The van der Waals surface area contributed by atoms with Gasteiger partial charge >= 0.3 is 5.97 Å². The van der Waals surface area contributed by atoms with E-state index in [-0.39, 0.29) is 44.0 Å². The number of pyridine rings is 1. The minimum Gasteiger partial charge on any atom is -0.464 e. The highest BCUT2D eigenvalue weighted by atomic mass is 28.1. The van der Waals surface area contributed by atoms with Crippen molar-refractivity contribution in [3.8, 4) is 28.4 Å². The number of hydrazine groups is 1. The second kappa shape index (κ2) is 17.9. The van der Waals surface area contributed by atoms with E-state index in [0.29, 0.717) is 25.2 Å². The molecule has 2 aromatic carbocycles. The maximum atomic E-state index is 15.0. The van der Waals surface area contributed by atoms with Gasteiger partial charge in [-0.25, -0.2) is 10.4 Å². The van der Waals surface area contributed by atoms with Crippen LogP contribution in [0.3, 0.4) is 0 Å². The van der Waals surface area contributed by atoms with Crippen molar-refractivity contribution in [3.63, 3.8) is 0 Å². The minimum atomic E-state index is -1.67. The molecule has 2 aliphatic heterocycles. The molecule has 5 atom stereocenters. The first-order valence-corrected chi connectivity index (χ1v) is 23.1. The second-order valence-corrected chi connectivity index (χ2v) is 19.7. The van der Waals surface area contributed by atoms with E-state index >= 15 is 0 Å². The molecular weight excluding hydrogens is 853 g/mol. The Morgan fingerprint density at radius 3 is 2.59 bits per heavy atom. The van der Waals surface area contributed by atoms with Crippen molar-refractivity contribution in [1.82, 2.24) is 34.9 Å². The van der Waals surface area contributed by atoms with Gasteiger partial charge < -0.3 is 29.4 Å². The van der Waals surface area contributed by atoms with Gasteiger partial charge in [0.25, 0.3) is 11.9 Å². The molecule has 0 saturated carbocycles. The van der Waals surface area contributed by atoms with Crippen LogP contribution in [0.1, 0.15) is 77.1 Å². The molecule has 3 radical (unpaired) electrons. The number of hydrogen-bond donors (Lipinski definition) is 3. The normalized spacial score (nSPS) is 23.1. The second-order valence-electron chi connectivity index (χ2n) is 18.9. The van der Waals surface area contributed by atoms with E-state index in [0.717, 1.165) is 56.2 Å². The molecule has 5 heterocycles. The Morgan fingerprint density at radius 1 is 1.09 bits per heavy atom. The molecule has 8 rings (SSSR count). The maximum Gasteiger partial charge on any atom is 0.324 e. The monoisotopic (exact) mass is 911 g/mol. The maximum absolute atomic E-state index is 15.0. The molecule has 16 heteroatoms. The predicted octanol–water partition coefficient (Wildman–Crippen LogP) is 6.16. The van der Waals surface area contributed by atoms with Crippen molar-refractivity contribution in [2.75, 3.05) is 32.2 Å². The third-order valence-corrected chi connectivity index (χ3v) is 14.2. The Bertz CT molecular complexity index is 2730. The molecule has 3 amide bonds. The van der Waals surface area contributed by atoms with E-state index in [1.807, 2.05) is 32.0 Å². The third-order valence-electron chi connectivity index (χ3n) is 13.6. The smallest absolute Gasteiger partial charge is 0.324 e. The number of aryl methyl sites for hydroxylation is 1. The van der Waals surface area contributed by atoms with Gasteiger partial charge in [0, 0.05) is 67.7 Å². The number of rotatable bonds is 10. The van der Waals surface area contributed by atoms with Crippen molar-refractivity contribution in [2.24, 2.45) is 24.3 Å². The number of nitrogens with zero attached hydrogens (tertiary/aromatic N) is 5. The summed E-state index contributed by atoms with van der Waals surface area (Å²) in [6.45, 7) is 16.7.